The summed E-state index contributed by atoms with van der Waals surface area (Å²) >= 11 is 0. The van der Waals surface area contributed by atoms with Gasteiger partial charge < -0.3 is 34.4 Å². The summed E-state index contributed by atoms with van der Waals surface area (Å²) in [4.78, 5) is 0. The minimum absolute atomic E-state index is 0.159. The molecule has 0 radical (unpaired) electrons. The average Bonchev–Trinajstić information content (AvgIpc) is 2.92. The molecule has 0 unspecified atom stereocenters. The van der Waals surface area contributed by atoms with Gasteiger partial charge in [-0.3, -0.25) is 0 Å². The number of para-hydroxylation sites is 1. The van der Waals surface area contributed by atoms with Gasteiger partial charge in [-0.2, -0.15) is 0 Å². The van der Waals surface area contributed by atoms with E-state index in [4.69, 9.17) is 34.4 Å². The number of hydrogen-bond acceptors (Lipinski definition) is 6. The van der Waals surface area contributed by atoms with Crippen LogP contribution in [0.15, 0.2) is 97.1 Å². The van der Waals surface area contributed by atoms with Crippen molar-refractivity contribution in [3.05, 3.63) is 131 Å². The minimum atomic E-state index is -0.189. The monoisotopic (exact) mass is 522 g/mol. The largest absolute Gasteiger partial charge is 0.399 e. The number of halogens is 2. The zero-order chi connectivity index (χ0) is 28.2. The highest BCUT2D eigenvalue weighted by atomic mass is 19.1. The summed E-state index contributed by atoms with van der Waals surface area (Å²) in [6.07, 6.45) is 1.37. The molecule has 0 aliphatic heterocycles. The Morgan fingerprint density at radius 3 is 1.63 bits per heavy atom. The smallest absolute Gasteiger partial charge is 0.126 e. The molecule has 0 saturated heterocycles. The summed E-state index contributed by atoms with van der Waals surface area (Å²) in [5.41, 5.74) is 37.6. The van der Waals surface area contributed by atoms with E-state index < -0.39 is 0 Å². The summed E-state index contributed by atoms with van der Waals surface area (Å²) in [7, 11) is 0. The van der Waals surface area contributed by atoms with Crippen LogP contribution in [-0.4, -0.2) is 13.1 Å². The predicted octanol–water partition coefficient (Wildman–Crippen LogP) is 4.11. The molecule has 12 N–H and O–H groups in total. The van der Waals surface area contributed by atoms with Crippen molar-refractivity contribution in [3.63, 3.8) is 0 Å². The first-order valence-electron chi connectivity index (χ1n) is 12.3. The topological polar surface area (TPSA) is 156 Å². The van der Waals surface area contributed by atoms with Gasteiger partial charge in [-0.15, -0.1) is 0 Å². The van der Waals surface area contributed by atoms with E-state index in [1.54, 1.807) is 18.2 Å². The Balaban J connectivity index is 0.000000254. The van der Waals surface area contributed by atoms with Crippen LogP contribution in [0.1, 0.15) is 22.3 Å². The molecule has 0 amide bonds. The van der Waals surface area contributed by atoms with Crippen molar-refractivity contribution >= 4 is 11.4 Å². The van der Waals surface area contributed by atoms with Gasteiger partial charge in [0.15, 0.2) is 0 Å². The Bertz CT molecular complexity index is 1170. The Labute approximate surface area is 224 Å². The molecule has 0 atom stereocenters. The molecule has 0 saturated carbocycles. The zero-order valence-electron chi connectivity index (χ0n) is 21.7. The van der Waals surface area contributed by atoms with Gasteiger partial charge in [0.05, 0.1) is 0 Å². The maximum atomic E-state index is 12.7. The molecule has 8 heteroatoms. The fraction of sp³-hybridized carbons (Fsp3) is 0.200. The number of benzene rings is 4. The summed E-state index contributed by atoms with van der Waals surface area (Å²) in [5, 5.41) is 0. The van der Waals surface area contributed by atoms with E-state index >= 15 is 0 Å². The van der Waals surface area contributed by atoms with E-state index in [9.17, 15) is 8.78 Å². The van der Waals surface area contributed by atoms with Crippen molar-refractivity contribution in [1.82, 2.24) is 0 Å². The second-order valence-corrected chi connectivity index (χ2v) is 8.15. The molecular weight excluding hydrogens is 482 g/mol. The van der Waals surface area contributed by atoms with Gasteiger partial charge in [0.1, 0.15) is 11.6 Å². The molecule has 0 bridgehead atoms. The molecule has 4 rings (SSSR count). The predicted molar refractivity (Wildman–Crippen MR) is 156 cm³/mol. The van der Waals surface area contributed by atoms with Crippen molar-refractivity contribution in [1.29, 1.82) is 0 Å². The van der Waals surface area contributed by atoms with Crippen LogP contribution in [0.5, 0.6) is 0 Å². The molecule has 4 aromatic rings. The Hall–Kier alpha value is -3.82. The van der Waals surface area contributed by atoms with Crippen LogP contribution in [0, 0.1) is 11.6 Å². The van der Waals surface area contributed by atoms with Crippen molar-refractivity contribution in [2.45, 2.75) is 25.9 Å². The Kier molecular flexibility index (Phi) is 16.4. The molecule has 0 heterocycles. The third-order valence-corrected chi connectivity index (χ3v) is 5.18. The third-order valence-electron chi connectivity index (χ3n) is 5.18. The van der Waals surface area contributed by atoms with Crippen LogP contribution in [0.25, 0.3) is 0 Å². The van der Waals surface area contributed by atoms with Crippen molar-refractivity contribution in [3.8, 4) is 0 Å². The summed E-state index contributed by atoms with van der Waals surface area (Å²) < 4.78 is 25.2. The van der Waals surface area contributed by atoms with E-state index in [1.165, 1.54) is 18.2 Å². The summed E-state index contributed by atoms with van der Waals surface area (Å²) in [5.74, 6) is -0.348. The van der Waals surface area contributed by atoms with E-state index in [-0.39, 0.29) is 11.6 Å². The fourth-order valence-corrected chi connectivity index (χ4v) is 3.09. The first-order chi connectivity index (χ1) is 18.3. The van der Waals surface area contributed by atoms with Crippen LogP contribution in [0.4, 0.5) is 20.2 Å². The zero-order valence-corrected chi connectivity index (χ0v) is 21.7. The highest BCUT2D eigenvalue weighted by molar-refractivity contribution is 5.46. The van der Waals surface area contributed by atoms with Gasteiger partial charge in [0.2, 0.25) is 0 Å². The number of anilines is 2. The summed E-state index contributed by atoms with van der Waals surface area (Å²) in [6.45, 7) is 2.18. The fourth-order valence-electron chi connectivity index (χ4n) is 3.09. The first-order valence-corrected chi connectivity index (χ1v) is 12.3. The van der Waals surface area contributed by atoms with Crippen LogP contribution in [0.2, 0.25) is 0 Å². The Morgan fingerprint density at radius 2 is 1.13 bits per heavy atom. The quantitative estimate of drug-likeness (QED) is 0.209. The molecule has 0 spiro atoms. The maximum Gasteiger partial charge on any atom is 0.126 e. The van der Waals surface area contributed by atoms with Crippen LogP contribution in [-0.2, 0) is 25.9 Å². The molecule has 38 heavy (non-hydrogen) atoms. The standard InChI is InChI=1S/2C8H10FN.2C7H10N2/c9-8-3-1-2-7(6-8)4-5-10;9-8-4-2-1-3-7(8)5-6-10;8-5-6-1-3-7(9)4-2-6;8-5-6-3-1-2-4-7(6)9/h1-3,6H,4-5,10H2;1-4H,5-6,10H2;2*1-4H,5,8-9H2. The molecule has 0 aromatic heterocycles. The normalized spacial score (nSPS) is 9.63. The van der Waals surface area contributed by atoms with Crippen molar-refractivity contribution in [2.75, 3.05) is 24.6 Å². The van der Waals surface area contributed by atoms with Gasteiger partial charge in [-0.25, -0.2) is 8.78 Å². The highest BCUT2D eigenvalue weighted by Gasteiger charge is 1.96. The van der Waals surface area contributed by atoms with Crippen molar-refractivity contribution in [2.24, 2.45) is 22.9 Å². The van der Waals surface area contributed by atoms with Gasteiger partial charge in [-0.1, -0.05) is 60.7 Å². The van der Waals surface area contributed by atoms with Gasteiger partial charge in [0.25, 0.3) is 0 Å². The second kappa shape index (κ2) is 19.3. The lowest BCUT2D eigenvalue weighted by Crippen LogP contribution is -2.03. The summed E-state index contributed by atoms with van der Waals surface area (Å²) in [6, 6.07) is 28.3. The molecule has 4 aromatic carbocycles. The van der Waals surface area contributed by atoms with Gasteiger partial charge in [-0.05, 0) is 84.6 Å². The highest BCUT2D eigenvalue weighted by Crippen LogP contribution is 2.08. The van der Waals surface area contributed by atoms with E-state index in [1.807, 2.05) is 60.7 Å². The van der Waals surface area contributed by atoms with Crippen LogP contribution < -0.4 is 34.4 Å². The Morgan fingerprint density at radius 1 is 0.526 bits per heavy atom. The second-order valence-electron chi connectivity index (χ2n) is 8.15. The molecular formula is C30H40F2N6. The number of nitrogen functional groups attached to an aromatic ring is 2. The number of hydrogen-bond donors (Lipinski definition) is 6. The van der Waals surface area contributed by atoms with E-state index in [0.717, 1.165) is 34.5 Å². The van der Waals surface area contributed by atoms with Crippen molar-refractivity contribution < 1.29 is 8.78 Å². The number of rotatable bonds is 6. The SMILES string of the molecule is NCCc1cccc(F)c1.NCCc1ccccc1F.NCc1ccc(N)cc1.NCc1ccccc1N. The van der Waals surface area contributed by atoms with Gasteiger partial charge in [0, 0.05) is 24.5 Å². The third kappa shape index (κ3) is 13.5. The van der Waals surface area contributed by atoms with E-state index in [2.05, 4.69) is 0 Å². The first kappa shape index (κ1) is 32.2. The lowest BCUT2D eigenvalue weighted by atomic mass is 10.1. The van der Waals surface area contributed by atoms with E-state index in [0.29, 0.717) is 38.2 Å². The average molecular weight is 523 g/mol. The van der Waals surface area contributed by atoms with Crippen LogP contribution in [0.3, 0.4) is 0 Å². The van der Waals surface area contributed by atoms with Gasteiger partial charge >= 0.3 is 0 Å². The molecule has 0 aliphatic rings. The molecule has 204 valence electrons. The lowest BCUT2D eigenvalue weighted by molar-refractivity contribution is 0.609. The molecule has 0 fully saturated rings. The van der Waals surface area contributed by atoms with Crippen LogP contribution >= 0.6 is 0 Å². The lowest BCUT2D eigenvalue weighted by Gasteiger charge is -1.98. The maximum absolute atomic E-state index is 12.7. The molecule has 0 aliphatic carbocycles. The minimum Gasteiger partial charge on any atom is -0.399 e. The number of nitrogens with two attached hydrogens (primary N) is 6. The molecule has 6 nitrogen and oxygen atoms in total.